The van der Waals surface area contributed by atoms with Crippen LogP contribution in [0, 0.1) is 5.92 Å². The average Bonchev–Trinajstić information content (AvgIpc) is 2.46. The van der Waals surface area contributed by atoms with Crippen LogP contribution in [0.25, 0.3) is 0 Å². The normalized spacial score (nSPS) is 23.3. The summed E-state index contributed by atoms with van der Waals surface area (Å²) < 4.78 is 6.83. The molecule has 0 saturated heterocycles. The number of halogens is 1. The standard InChI is InChI=1S/C16H24BrNO/c1-2-13-5-3-4-6-16(13)18-11-12-19-15-9-7-14(17)8-10-15/h7-10,13,16,18H,2-6,11-12H2,1H3. The van der Waals surface area contributed by atoms with E-state index in [1.165, 1.54) is 32.1 Å². The zero-order chi connectivity index (χ0) is 13.5. The van der Waals surface area contributed by atoms with Crippen LogP contribution in [0.4, 0.5) is 0 Å². The minimum absolute atomic E-state index is 0.701. The zero-order valence-corrected chi connectivity index (χ0v) is 13.3. The lowest BCUT2D eigenvalue weighted by Gasteiger charge is -2.31. The predicted molar refractivity (Wildman–Crippen MR) is 83.7 cm³/mol. The molecule has 2 nitrogen and oxygen atoms in total. The van der Waals surface area contributed by atoms with Gasteiger partial charge in [0.2, 0.25) is 0 Å². The molecular formula is C16H24BrNO. The second-order valence-electron chi connectivity index (χ2n) is 5.32. The Morgan fingerprint density at radius 1 is 1.21 bits per heavy atom. The van der Waals surface area contributed by atoms with Crippen molar-refractivity contribution in [1.29, 1.82) is 0 Å². The minimum Gasteiger partial charge on any atom is -0.492 e. The smallest absolute Gasteiger partial charge is 0.119 e. The van der Waals surface area contributed by atoms with E-state index in [2.05, 4.69) is 28.2 Å². The maximum absolute atomic E-state index is 5.74. The second-order valence-corrected chi connectivity index (χ2v) is 6.23. The number of ether oxygens (including phenoxy) is 1. The van der Waals surface area contributed by atoms with Gasteiger partial charge in [-0.1, -0.05) is 42.1 Å². The molecule has 1 fully saturated rings. The zero-order valence-electron chi connectivity index (χ0n) is 11.7. The summed E-state index contributed by atoms with van der Waals surface area (Å²) in [6.45, 7) is 3.99. The van der Waals surface area contributed by atoms with Crippen molar-refractivity contribution in [3.8, 4) is 5.75 Å². The van der Waals surface area contributed by atoms with Crippen LogP contribution in [0.1, 0.15) is 39.0 Å². The Labute approximate surface area is 125 Å². The third-order valence-corrected chi connectivity index (χ3v) is 4.55. The van der Waals surface area contributed by atoms with Crippen LogP contribution in [0.2, 0.25) is 0 Å². The Hall–Kier alpha value is -0.540. The summed E-state index contributed by atoms with van der Waals surface area (Å²) in [5, 5.41) is 3.67. The van der Waals surface area contributed by atoms with Crippen LogP contribution in [-0.2, 0) is 0 Å². The van der Waals surface area contributed by atoms with Gasteiger partial charge in [0, 0.05) is 17.1 Å². The topological polar surface area (TPSA) is 21.3 Å². The number of rotatable bonds is 6. The van der Waals surface area contributed by atoms with Crippen LogP contribution in [0.3, 0.4) is 0 Å². The molecule has 2 unspecified atom stereocenters. The van der Waals surface area contributed by atoms with E-state index in [-0.39, 0.29) is 0 Å². The van der Waals surface area contributed by atoms with Gasteiger partial charge in [-0.2, -0.15) is 0 Å². The fraction of sp³-hybridized carbons (Fsp3) is 0.625. The van der Waals surface area contributed by atoms with Gasteiger partial charge in [0.15, 0.2) is 0 Å². The lowest BCUT2D eigenvalue weighted by atomic mass is 9.83. The first kappa shape index (κ1) is 14.9. The van der Waals surface area contributed by atoms with Gasteiger partial charge in [0.1, 0.15) is 12.4 Å². The molecule has 2 rings (SSSR count). The van der Waals surface area contributed by atoms with Gasteiger partial charge in [-0.05, 0) is 43.0 Å². The summed E-state index contributed by atoms with van der Waals surface area (Å²) in [6.07, 6.45) is 6.80. The lowest BCUT2D eigenvalue weighted by Crippen LogP contribution is -2.40. The maximum atomic E-state index is 5.74. The Kier molecular flexibility index (Phi) is 6.18. The van der Waals surface area contributed by atoms with E-state index in [0.717, 1.165) is 29.3 Å². The van der Waals surface area contributed by atoms with Crippen molar-refractivity contribution in [2.45, 2.75) is 45.1 Å². The Morgan fingerprint density at radius 2 is 1.95 bits per heavy atom. The SMILES string of the molecule is CCC1CCCCC1NCCOc1ccc(Br)cc1. The summed E-state index contributed by atoms with van der Waals surface area (Å²) in [7, 11) is 0. The van der Waals surface area contributed by atoms with Crippen molar-refractivity contribution < 1.29 is 4.74 Å². The second kappa shape index (κ2) is 7.91. The van der Waals surface area contributed by atoms with Gasteiger partial charge in [0.05, 0.1) is 0 Å². The number of nitrogens with one attached hydrogen (secondary N) is 1. The molecule has 1 N–H and O–H groups in total. The van der Waals surface area contributed by atoms with E-state index in [4.69, 9.17) is 4.74 Å². The summed E-state index contributed by atoms with van der Waals surface area (Å²) in [5.74, 6) is 1.81. The molecule has 1 saturated carbocycles. The Morgan fingerprint density at radius 3 is 2.68 bits per heavy atom. The summed E-state index contributed by atoms with van der Waals surface area (Å²) in [5.41, 5.74) is 0. The molecule has 106 valence electrons. The van der Waals surface area contributed by atoms with Gasteiger partial charge in [-0.15, -0.1) is 0 Å². The molecule has 0 heterocycles. The monoisotopic (exact) mass is 325 g/mol. The molecule has 1 aromatic carbocycles. The molecule has 19 heavy (non-hydrogen) atoms. The van der Waals surface area contributed by atoms with Crippen molar-refractivity contribution in [3.05, 3.63) is 28.7 Å². The van der Waals surface area contributed by atoms with E-state index >= 15 is 0 Å². The van der Waals surface area contributed by atoms with E-state index in [1.807, 2.05) is 24.3 Å². The molecule has 0 amide bonds. The van der Waals surface area contributed by atoms with Gasteiger partial charge in [0.25, 0.3) is 0 Å². The summed E-state index contributed by atoms with van der Waals surface area (Å²) in [6, 6.07) is 8.72. The fourth-order valence-electron chi connectivity index (χ4n) is 2.91. The van der Waals surface area contributed by atoms with E-state index in [9.17, 15) is 0 Å². The molecule has 1 aromatic rings. The van der Waals surface area contributed by atoms with Gasteiger partial charge in [-0.25, -0.2) is 0 Å². The highest BCUT2D eigenvalue weighted by atomic mass is 79.9. The van der Waals surface area contributed by atoms with E-state index in [1.54, 1.807) is 0 Å². The first-order valence-electron chi connectivity index (χ1n) is 7.41. The van der Waals surface area contributed by atoms with Crippen LogP contribution >= 0.6 is 15.9 Å². The van der Waals surface area contributed by atoms with Crippen molar-refractivity contribution in [2.24, 2.45) is 5.92 Å². The first-order chi connectivity index (χ1) is 9.29. The van der Waals surface area contributed by atoms with Crippen LogP contribution in [0.5, 0.6) is 5.75 Å². The number of hydrogen-bond donors (Lipinski definition) is 1. The predicted octanol–water partition coefficient (Wildman–Crippen LogP) is 4.39. The molecule has 0 radical (unpaired) electrons. The highest BCUT2D eigenvalue weighted by Crippen LogP contribution is 2.26. The number of benzene rings is 1. The molecule has 3 heteroatoms. The molecular weight excluding hydrogens is 302 g/mol. The van der Waals surface area contributed by atoms with Gasteiger partial charge in [-0.3, -0.25) is 0 Å². The van der Waals surface area contributed by atoms with E-state index in [0.29, 0.717) is 6.04 Å². The van der Waals surface area contributed by atoms with Crippen molar-refractivity contribution >= 4 is 15.9 Å². The van der Waals surface area contributed by atoms with Gasteiger partial charge >= 0.3 is 0 Å². The minimum atomic E-state index is 0.701. The van der Waals surface area contributed by atoms with Crippen molar-refractivity contribution in [2.75, 3.05) is 13.2 Å². The third-order valence-electron chi connectivity index (χ3n) is 4.02. The largest absolute Gasteiger partial charge is 0.492 e. The van der Waals surface area contributed by atoms with Crippen molar-refractivity contribution in [1.82, 2.24) is 5.32 Å². The third kappa shape index (κ3) is 4.81. The number of hydrogen-bond acceptors (Lipinski definition) is 2. The molecule has 2 atom stereocenters. The Bertz CT molecular complexity index is 366. The quantitative estimate of drug-likeness (QED) is 0.783. The highest BCUT2D eigenvalue weighted by molar-refractivity contribution is 9.10. The maximum Gasteiger partial charge on any atom is 0.119 e. The highest BCUT2D eigenvalue weighted by Gasteiger charge is 2.22. The van der Waals surface area contributed by atoms with E-state index < -0.39 is 0 Å². The summed E-state index contributed by atoms with van der Waals surface area (Å²) in [4.78, 5) is 0. The van der Waals surface area contributed by atoms with Crippen LogP contribution in [0.15, 0.2) is 28.7 Å². The van der Waals surface area contributed by atoms with Crippen molar-refractivity contribution in [3.63, 3.8) is 0 Å². The van der Waals surface area contributed by atoms with Gasteiger partial charge < -0.3 is 10.1 Å². The molecule has 0 spiro atoms. The average molecular weight is 326 g/mol. The lowest BCUT2D eigenvalue weighted by molar-refractivity contribution is 0.235. The van der Waals surface area contributed by atoms with Crippen LogP contribution < -0.4 is 10.1 Å². The van der Waals surface area contributed by atoms with Crippen LogP contribution in [-0.4, -0.2) is 19.2 Å². The molecule has 1 aliphatic rings. The molecule has 1 aliphatic carbocycles. The molecule has 0 aliphatic heterocycles. The fourth-order valence-corrected chi connectivity index (χ4v) is 3.17. The summed E-state index contributed by atoms with van der Waals surface area (Å²) >= 11 is 3.43. The molecule has 0 bridgehead atoms. The first-order valence-corrected chi connectivity index (χ1v) is 8.20. The molecule has 0 aromatic heterocycles. The Balaban J connectivity index is 1.67.